The molecule has 32 heavy (non-hydrogen) atoms. The Bertz CT molecular complexity index is 1360. The van der Waals surface area contributed by atoms with Crippen LogP contribution in [0.1, 0.15) is 5.56 Å². The van der Waals surface area contributed by atoms with Gasteiger partial charge in [0, 0.05) is 55.1 Å². The van der Waals surface area contributed by atoms with E-state index in [1.54, 1.807) is 29.0 Å². The molecule has 5 rings (SSSR count). The lowest BCUT2D eigenvalue weighted by molar-refractivity contribution is 0.122. The van der Waals surface area contributed by atoms with Gasteiger partial charge in [-0.1, -0.05) is 23.7 Å². The van der Waals surface area contributed by atoms with Gasteiger partial charge in [-0.15, -0.1) is 0 Å². The fourth-order valence-corrected chi connectivity index (χ4v) is 4.24. The molecule has 0 unspecified atom stereocenters. The molecule has 0 aliphatic carbocycles. The van der Waals surface area contributed by atoms with Crippen molar-refractivity contribution in [2.45, 2.75) is 6.54 Å². The highest BCUT2D eigenvalue weighted by molar-refractivity contribution is 6.30. The van der Waals surface area contributed by atoms with E-state index in [4.69, 9.17) is 16.3 Å². The van der Waals surface area contributed by atoms with Crippen LogP contribution < -0.4 is 10.5 Å². The Morgan fingerprint density at radius 2 is 2.00 bits per heavy atom. The van der Waals surface area contributed by atoms with E-state index in [0.717, 1.165) is 40.9 Å². The van der Waals surface area contributed by atoms with Gasteiger partial charge in [0.05, 0.1) is 36.7 Å². The van der Waals surface area contributed by atoms with Crippen LogP contribution in [-0.4, -0.2) is 40.4 Å². The van der Waals surface area contributed by atoms with E-state index >= 15 is 0 Å². The van der Waals surface area contributed by atoms with Crippen LogP contribution in [0.2, 0.25) is 5.02 Å². The summed E-state index contributed by atoms with van der Waals surface area (Å²) in [5.41, 5.74) is 3.51. The number of halogens is 2. The molecule has 4 aromatic rings. The fourth-order valence-electron chi connectivity index (χ4n) is 4.04. The summed E-state index contributed by atoms with van der Waals surface area (Å²) in [6.07, 6.45) is 5.39. The first kappa shape index (κ1) is 20.7. The van der Waals surface area contributed by atoms with Crippen molar-refractivity contribution in [1.29, 1.82) is 0 Å². The van der Waals surface area contributed by atoms with Crippen LogP contribution in [0.3, 0.4) is 0 Å². The van der Waals surface area contributed by atoms with Crippen molar-refractivity contribution in [1.82, 2.24) is 14.1 Å². The summed E-state index contributed by atoms with van der Waals surface area (Å²) in [4.78, 5) is 19.6. The zero-order valence-electron chi connectivity index (χ0n) is 17.3. The van der Waals surface area contributed by atoms with E-state index in [2.05, 4.69) is 23.0 Å². The van der Waals surface area contributed by atoms with Gasteiger partial charge in [0.25, 0.3) is 5.56 Å². The molecule has 1 fully saturated rings. The van der Waals surface area contributed by atoms with E-state index < -0.39 is 5.82 Å². The van der Waals surface area contributed by atoms with Gasteiger partial charge in [-0.3, -0.25) is 4.79 Å². The zero-order valence-corrected chi connectivity index (χ0v) is 18.1. The van der Waals surface area contributed by atoms with Gasteiger partial charge < -0.3 is 18.8 Å². The van der Waals surface area contributed by atoms with Gasteiger partial charge in [0.15, 0.2) is 0 Å². The monoisotopic (exact) mass is 451 g/mol. The van der Waals surface area contributed by atoms with Crippen molar-refractivity contribution in [3.8, 4) is 11.1 Å². The highest BCUT2D eigenvalue weighted by atomic mass is 35.5. The lowest BCUT2D eigenvalue weighted by atomic mass is 10.1. The first-order valence-corrected chi connectivity index (χ1v) is 10.7. The number of anilines is 1. The molecule has 0 saturated carbocycles. The van der Waals surface area contributed by atoms with Crippen molar-refractivity contribution in [3.63, 3.8) is 0 Å². The number of hydrogen-bond acceptors (Lipinski definition) is 4. The van der Waals surface area contributed by atoms with Crippen LogP contribution in [0.5, 0.6) is 0 Å². The zero-order chi connectivity index (χ0) is 22.2. The number of hydrogen-bond donors (Lipinski definition) is 0. The molecule has 0 N–H and O–H groups in total. The van der Waals surface area contributed by atoms with E-state index in [1.807, 2.05) is 18.5 Å². The van der Waals surface area contributed by atoms with Crippen LogP contribution in [0.4, 0.5) is 10.1 Å². The number of fused-ring (bicyclic) bond motifs is 1. The Balaban J connectivity index is 1.51. The lowest BCUT2D eigenvalue weighted by Crippen LogP contribution is -2.36. The van der Waals surface area contributed by atoms with Gasteiger partial charge in [-0.2, -0.15) is 0 Å². The fraction of sp³-hybridized carbons (Fsp3) is 0.208. The van der Waals surface area contributed by atoms with E-state index in [-0.39, 0.29) is 17.1 Å². The molecule has 0 spiro atoms. The number of ether oxygens (including phenoxy) is 1. The molecule has 3 aromatic heterocycles. The van der Waals surface area contributed by atoms with E-state index in [9.17, 15) is 9.18 Å². The maximum atomic E-state index is 14.3. The summed E-state index contributed by atoms with van der Waals surface area (Å²) >= 11 is 5.86. The van der Waals surface area contributed by atoms with Gasteiger partial charge >= 0.3 is 0 Å². The van der Waals surface area contributed by atoms with E-state index in [0.29, 0.717) is 18.8 Å². The molecular formula is C24H21ClFN4O2. The van der Waals surface area contributed by atoms with Crippen molar-refractivity contribution in [2.24, 2.45) is 0 Å². The summed E-state index contributed by atoms with van der Waals surface area (Å²) in [7, 11) is 4.03. The molecule has 4 heterocycles. The Kier molecular flexibility index (Phi) is 5.45. The second-order valence-corrected chi connectivity index (χ2v) is 8.18. The van der Waals surface area contributed by atoms with Crippen LogP contribution >= 0.6 is 11.6 Å². The van der Waals surface area contributed by atoms with Crippen molar-refractivity contribution in [3.05, 3.63) is 88.8 Å². The van der Waals surface area contributed by atoms with Crippen molar-refractivity contribution < 1.29 is 9.13 Å². The summed E-state index contributed by atoms with van der Waals surface area (Å²) < 4.78 is 22.9. The Morgan fingerprint density at radius 1 is 1.19 bits per heavy atom. The first-order chi connectivity index (χ1) is 15.5. The molecule has 0 amide bonds. The number of aromatic nitrogens is 3. The Morgan fingerprint density at radius 3 is 2.78 bits per heavy atom. The maximum Gasteiger partial charge on any atom is 0.251 e. The number of pyridine rings is 2. The minimum absolute atomic E-state index is 0.0407. The lowest BCUT2D eigenvalue weighted by Gasteiger charge is -2.28. The third kappa shape index (κ3) is 3.78. The molecule has 6 nitrogen and oxygen atoms in total. The molecular weight excluding hydrogens is 431 g/mol. The smallest absolute Gasteiger partial charge is 0.251 e. The summed E-state index contributed by atoms with van der Waals surface area (Å²) in [5.74, 6) is -0.507. The average Bonchev–Trinajstić information content (AvgIpc) is 3.14. The Labute approximate surface area is 189 Å². The third-order valence-electron chi connectivity index (χ3n) is 5.75. The molecule has 1 aliphatic heterocycles. The van der Waals surface area contributed by atoms with Crippen molar-refractivity contribution >= 4 is 28.3 Å². The molecule has 1 aromatic carbocycles. The van der Waals surface area contributed by atoms with Gasteiger partial charge in [-0.25, -0.2) is 9.37 Å². The van der Waals surface area contributed by atoms with Gasteiger partial charge in [0.1, 0.15) is 11.5 Å². The second-order valence-electron chi connectivity index (χ2n) is 7.77. The summed E-state index contributed by atoms with van der Waals surface area (Å²) in [6.45, 7) is 3.10. The molecule has 0 bridgehead atoms. The molecule has 1 aliphatic rings. The number of nitrogens with zero attached hydrogens (tertiary/aromatic N) is 4. The standard InChI is InChI=1S/C24H21ClFN4O2/c1-28-15-20(19-12-18(13-27-24(19)28)29-7-9-32-10-8-29)16-5-6-30(22(31)11-16)14-17-3-2-4-21(25)23(17)26/h2-6,11-13,15H,1,7-10,14H2. The van der Waals surface area contributed by atoms with Crippen LogP contribution in [0.15, 0.2) is 59.8 Å². The predicted molar refractivity (Wildman–Crippen MR) is 124 cm³/mol. The second kappa shape index (κ2) is 8.41. The van der Waals surface area contributed by atoms with Crippen LogP contribution in [-0.2, 0) is 11.3 Å². The van der Waals surface area contributed by atoms with E-state index in [1.165, 1.54) is 10.6 Å². The molecule has 1 radical (unpaired) electrons. The molecule has 163 valence electrons. The average molecular weight is 452 g/mol. The number of rotatable bonds is 4. The van der Waals surface area contributed by atoms with Crippen LogP contribution in [0.25, 0.3) is 22.2 Å². The SMILES string of the molecule is [CH2]n1cc(-c2ccn(Cc3cccc(Cl)c3F)c(=O)c2)c2cc(N3CCOCC3)cnc21. The molecule has 0 atom stereocenters. The van der Waals surface area contributed by atoms with Gasteiger partial charge in [0.2, 0.25) is 0 Å². The van der Waals surface area contributed by atoms with Crippen LogP contribution in [0, 0.1) is 12.9 Å². The third-order valence-corrected chi connectivity index (χ3v) is 6.05. The normalized spacial score (nSPS) is 14.3. The number of morpholine rings is 1. The topological polar surface area (TPSA) is 52.3 Å². The summed E-state index contributed by atoms with van der Waals surface area (Å²) in [5, 5.41) is 0.959. The number of benzene rings is 1. The molecule has 8 heteroatoms. The van der Waals surface area contributed by atoms with Gasteiger partial charge in [-0.05, 0) is 23.8 Å². The largest absolute Gasteiger partial charge is 0.378 e. The predicted octanol–water partition coefficient (Wildman–Crippen LogP) is 4.18. The first-order valence-electron chi connectivity index (χ1n) is 10.3. The summed E-state index contributed by atoms with van der Waals surface area (Å²) in [6, 6.07) is 10.3. The Hall–Kier alpha value is -3.16. The quantitative estimate of drug-likeness (QED) is 0.467. The highest BCUT2D eigenvalue weighted by Crippen LogP contribution is 2.31. The minimum Gasteiger partial charge on any atom is -0.378 e. The highest BCUT2D eigenvalue weighted by Gasteiger charge is 2.16. The minimum atomic E-state index is -0.507. The van der Waals surface area contributed by atoms with Crippen molar-refractivity contribution in [2.75, 3.05) is 31.2 Å². The maximum absolute atomic E-state index is 14.3. The molecule has 1 saturated heterocycles.